The van der Waals surface area contributed by atoms with Gasteiger partial charge in [-0.25, -0.2) is 18.7 Å². The first kappa shape index (κ1) is 39.5. The zero-order valence-corrected chi connectivity index (χ0v) is 32.8. The Morgan fingerprint density at radius 1 is 1.07 bits per heavy atom. The normalized spacial score (nSPS) is 22.6. The molecule has 3 amide bonds. The predicted molar refractivity (Wildman–Crippen MR) is 204 cm³/mol. The van der Waals surface area contributed by atoms with E-state index in [1.807, 2.05) is 0 Å². The average Bonchev–Trinajstić information content (AvgIpc) is 4.01. The Balaban J connectivity index is 1.13. The molecule has 3 aromatic heterocycles. The lowest BCUT2D eigenvalue weighted by molar-refractivity contribution is -0.137. The zero-order chi connectivity index (χ0) is 42.0. The lowest BCUT2D eigenvalue weighted by Gasteiger charge is -2.32. The van der Waals surface area contributed by atoms with Crippen LogP contribution in [0.3, 0.4) is 0 Å². The van der Waals surface area contributed by atoms with E-state index in [1.165, 1.54) is 30.0 Å². The smallest absolute Gasteiger partial charge is 0.283 e. The van der Waals surface area contributed by atoms with Crippen molar-refractivity contribution in [3.8, 4) is 57.7 Å². The van der Waals surface area contributed by atoms with E-state index in [0.717, 1.165) is 0 Å². The molecule has 16 nitrogen and oxygen atoms in total. The quantitative estimate of drug-likeness (QED) is 0.160. The van der Waals surface area contributed by atoms with Crippen LogP contribution in [0.5, 0.6) is 11.5 Å². The summed E-state index contributed by atoms with van der Waals surface area (Å²) in [6.45, 7) is 1.32. The molecule has 0 aliphatic carbocycles. The molecule has 6 heterocycles. The molecule has 1 unspecified atom stereocenters. The molecule has 5 aromatic rings. The first-order chi connectivity index (χ1) is 28.0. The van der Waals surface area contributed by atoms with E-state index in [0.29, 0.717) is 40.3 Å². The molecule has 1 fully saturated rings. The highest BCUT2D eigenvalue weighted by Gasteiger charge is 2.49. The van der Waals surface area contributed by atoms with Crippen molar-refractivity contribution >= 4 is 40.4 Å². The van der Waals surface area contributed by atoms with Crippen LogP contribution in [0.15, 0.2) is 40.9 Å². The van der Waals surface area contributed by atoms with Gasteiger partial charge < -0.3 is 45.3 Å². The SMILES string of the molecule is Cc1nc([C@](C)(O)C#Cc2ccc3c(c2)-c2nc(C(=O)NC4Oc5ccc(C#C[C@]6(O)CCN(C)C6=O)cc5-c5nc(C(N)=O)sc5[C@]4(O)CF)sc2[C@@H](F)CO3)no1. The molecule has 1 saturated heterocycles. The number of nitrogens with zero attached hydrogens (tertiary/aromatic N) is 5. The summed E-state index contributed by atoms with van der Waals surface area (Å²) in [6.07, 6.45) is -3.50. The maximum atomic E-state index is 15.6. The van der Waals surface area contributed by atoms with Crippen molar-refractivity contribution in [3.05, 3.63) is 79.0 Å². The number of amides is 3. The van der Waals surface area contributed by atoms with Crippen LogP contribution in [0.2, 0.25) is 0 Å². The first-order valence-electron chi connectivity index (χ1n) is 17.7. The first-order valence-corrected chi connectivity index (χ1v) is 19.3. The number of rotatable bonds is 5. The molecule has 3 aliphatic rings. The molecule has 59 heavy (non-hydrogen) atoms. The number of primary amides is 1. The molecule has 302 valence electrons. The Morgan fingerprint density at radius 2 is 1.76 bits per heavy atom. The second-order valence-corrected chi connectivity index (χ2v) is 16.1. The number of ether oxygens (including phenoxy) is 2. The van der Waals surface area contributed by atoms with E-state index in [-0.39, 0.29) is 71.9 Å². The van der Waals surface area contributed by atoms with Crippen molar-refractivity contribution in [1.29, 1.82) is 0 Å². The lowest BCUT2D eigenvalue weighted by atomic mass is 9.97. The van der Waals surface area contributed by atoms with Gasteiger partial charge in [-0.05, 0) is 43.3 Å². The van der Waals surface area contributed by atoms with Crippen LogP contribution < -0.4 is 20.5 Å². The van der Waals surface area contributed by atoms with Crippen molar-refractivity contribution in [1.82, 2.24) is 30.3 Å². The number of likely N-dealkylation sites (tertiary alicyclic amines) is 1. The fourth-order valence-corrected chi connectivity index (χ4v) is 8.45. The second-order valence-electron chi connectivity index (χ2n) is 14.1. The van der Waals surface area contributed by atoms with Gasteiger partial charge in [0.2, 0.25) is 23.5 Å². The molecular weight excluding hydrogens is 813 g/mol. The number of carbonyl (C=O) groups is 3. The van der Waals surface area contributed by atoms with Crippen molar-refractivity contribution in [2.24, 2.45) is 5.73 Å². The minimum atomic E-state index is -2.65. The molecule has 0 bridgehead atoms. The average molecular weight is 844 g/mol. The number of benzene rings is 2. The summed E-state index contributed by atoms with van der Waals surface area (Å²) < 4.78 is 47.6. The third kappa shape index (κ3) is 7.04. The van der Waals surface area contributed by atoms with Gasteiger partial charge in [-0.1, -0.05) is 28.8 Å². The van der Waals surface area contributed by atoms with Crippen LogP contribution in [0, 0.1) is 30.6 Å². The number of nitrogens with two attached hydrogens (primary N) is 1. The zero-order valence-electron chi connectivity index (χ0n) is 31.1. The fourth-order valence-electron chi connectivity index (χ4n) is 6.48. The molecule has 3 aliphatic heterocycles. The Labute approximate surface area is 341 Å². The Kier molecular flexibility index (Phi) is 9.73. The molecule has 0 radical (unpaired) electrons. The highest BCUT2D eigenvalue weighted by molar-refractivity contribution is 7.14. The molecule has 2 aromatic carbocycles. The minimum Gasteiger partial charge on any atom is -0.489 e. The second kappa shape index (κ2) is 14.5. The van der Waals surface area contributed by atoms with E-state index in [2.05, 4.69) is 49.1 Å². The number of fused-ring (bicyclic) bond motifs is 6. The van der Waals surface area contributed by atoms with Gasteiger partial charge in [0.15, 0.2) is 27.4 Å². The number of aryl methyl sites for hydroxylation is 1. The number of aromatic nitrogens is 4. The van der Waals surface area contributed by atoms with Crippen LogP contribution in [0.25, 0.3) is 22.5 Å². The number of likely N-dealkylation sites (N-methyl/N-ethyl adjacent to an activating group) is 1. The van der Waals surface area contributed by atoms with E-state index >= 15 is 8.78 Å². The van der Waals surface area contributed by atoms with Gasteiger partial charge >= 0.3 is 0 Å². The van der Waals surface area contributed by atoms with Crippen LogP contribution in [-0.4, -0.2) is 96.8 Å². The number of thiazole rings is 2. The maximum Gasteiger partial charge on any atom is 0.283 e. The van der Waals surface area contributed by atoms with Crippen LogP contribution >= 0.6 is 22.7 Å². The highest BCUT2D eigenvalue weighted by atomic mass is 32.1. The van der Waals surface area contributed by atoms with Crippen LogP contribution in [0.4, 0.5) is 8.78 Å². The summed E-state index contributed by atoms with van der Waals surface area (Å²) >= 11 is 1.30. The standard InChI is InChI=1S/C39H31F2N7O9S2/c1-18-43-34(47-57-18)37(2,52)10-8-19-4-6-24-21(14-19)26-28(23(41)16-55-24)58-33(44-26)31(50)46-35-39(54,17-40)29-27(45-32(59-29)30(42)49)22-15-20(5-7-25(22)56-35)9-11-38(53)12-13-48(3)36(38)51/h4-7,14-15,23,35,52-54H,12-13,16-17H2,1-3H3,(H2,42,49)(H,46,50)/t23-,35?,37+,38-,39+/m0/s1. The Hall–Kier alpha value is -6.29. The van der Waals surface area contributed by atoms with Crippen molar-refractivity contribution in [2.75, 3.05) is 26.9 Å². The van der Waals surface area contributed by atoms with Crippen molar-refractivity contribution in [3.63, 3.8) is 0 Å². The Morgan fingerprint density at radius 3 is 2.42 bits per heavy atom. The number of hydrogen-bond donors (Lipinski definition) is 5. The van der Waals surface area contributed by atoms with E-state index < -0.39 is 60.2 Å². The molecular formula is C39H31F2N7O9S2. The number of hydrogen-bond acceptors (Lipinski definition) is 15. The van der Waals surface area contributed by atoms with Gasteiger partial charge in [-0.2, -0.15) is 4.98 Å². The number of aliphatic hydroxyl groups is 3. The van der Waals surface area contributed by atoms with Gasteiger partial charge in [0.05, 0.1) is 21.1 Å². The van der Waals surface area contributed by atoms with Gasteiger partial charge in [0.1, 0.15) is 24.8 Å². The van der Waals surface area contributed by atoms with Gasteiger partial charge in [-0.3, -0.25) is 14.4 Å². The van der Waals surface area contributed by atoms with Crippen molar-refractivity contribution in [2.45, 2.75) is 49.5 Å². The van der Waals surface area contributed by atoms with Crippen molar-refractivity contribution < 1.29 is 52.5 Å². The van der Waals surface area contributed by atoms with Gasteiger partial charge in [0, 0.05) is 49.2 Å². The largest absolute Gasteiger partial charge is 0.489 e. The summed E-state index contributed by atoms with van der Waals surface area (Å²) in [7, 11) is 1.54. The number of alkyl halides is 2. The number of halogens is 2. The molecule has 5 atom stereocenters. The summed E-state index contributed by atoms with van der Waals surface area (Å²) in [5, 5.41) is 39.3. The van der Waals surface area contributed by atoms with Gasteiger partial charge in [0.25, 0.3) is 17.7 Å². The molecule has 8 rings (SSSR count). The lowest BCUT2D eigenvalue weighted by Crippen LogP contribution is -2.54. The fraction of sp³-hybridized carbons (Fsp3) is 0.308. The number of carbonyl (C=O) groups excluding carboxylic acids is 3. The summed E-state index contributed by atoms with van der Waals surface area (Å²) in [4.78, 5) is 52.7. The monoisotopic (exact) mass is 843 g/mol. The topological polar surface area (TPSA) is 236 Å². The van der Waals surface area contributed by atoms with E-state index in [9.17, 15) is 29.7 Å². The molecule has 0 spiro atoms. The summed E-state index contributed by atoms with van der Waals surface area (Å²) in [5.41, 5.74) is 0.248. The third-order valence-corrected chi connectivity index (χ3v) is 12.1. The van der Waals surface area contributed by atoms with E-state index in [4.69, 9.17) is 19.7 Å². The highest BCUT2D eigenvalue weighted by Crippen LogP contribution is 2.47. The maximum absolute atomic E-state index is 15.6. The third-order valence-electron chi connectivity index (χ3n) is 9.70. The number of nitrogens with one attached hydrogen (secondary N) is 1. The van der Waals surface area contributed by atoms with Crippen LogP contribution in [0.1, 0.15) is 71.7 Å². The summed E-state index contributed by atoms with van der Waals surface area (Å²) in [6, 6.07) is 9.02. The molecule has 20 heteroatoms. The predicted octanol–water partition coefficient (Wildman–Crippen LogP) is 2.64. The van der Waals surface area contributed by atoms with Gasteiger partial charge in [-0.15, -0.1) is 22.7 Å². The Bertz CT molecular complexity index is 2710. The molecule has 0 saturated carbocycles. The molecule has 6 N–H and O–H groups in total. The van der Waals surface area contributed by atoms with Crippen LogP contribution in [-0.2, 0) is 16.0 Å². The van der Waals surface area contributed by atoms with E-state index in [1.54, 1.807) is 32.2 Å². The summed E-state index contributed by atoms with van der Waals surface area (Å²) in [5.74, 6) is 8.84. The minimum absolute atomic E-state index is 0.0184.